The Morgan fingerprint density at radius 3 is 0.517 bits per heavy atom. The van der Waals surface area contributed by atoms with Crippen molar-refractivity contribution in [2.75, 3.05) is 39.3 Å². The molecule has 2 N–H and O–H groups in total. The minimum Gasteiger partial charge on any atom is -0.693 e. The fraction of sp³-hybridized carbons (Fsp3) is 0.875. The third kappa shape index (κ3) is 220. The largest absolute Gasteiger partial charge is 0.693 e. The number of hydrogen-bond donors (Lipinski definition) is 0. The van der Waals surface area contributed by atoms with Crippen LogP contribution in [0.2, 0.25) is 0 Å². The Kier molecular flexibility index (Phi) is 160. The Hall–Kier alpha value is 0.580. The molecule has 0 unspecified atom stereocenters. The van der Waals surface area contributed by atoms with Crippen molar-refractivity contribution in [3.05, 3.63) is 42.9 Å². The van der Waals surface area contributed by atoms with E-state index in [0.29, 0.717) is 0 Å². The average Bonchev–Trinajstić information content (AvgIpc) is 2.71. The van der Waals surface area contributed by atoms with Crippen molar-refractivity contribution < 1.29 is 22.4 Å². The Morgan fingerprint density at radius 2 is 0.517 bits per heavy atom. The quantitative estimate of drug-likeness (QED) is 0.242. The van der Waals surface area contributed by atoms with Gasteiger partial charge in [0.15, 0.2) is 0 Å². The summed E-state index contributed by atoms with van der Waals surface area (Å²) in [5.41, 5.74) is 0. The van der Waals surface area contributed by atoms with Gasteiger partial charge in [0.1, 0.15) is 0 Å². The molecule has 0 heterocycles. The molecule has 187 valence electrons. The number of unbranched alkanes of at least 4 members (excludes halogenated alkanes) is 3. The molecular formula is C24H59N4Ta-7. The summed E-state index contributed by atoms with van der Waals surface area (Å²) in [5.74, 6) is 0. The smallest absolute Gasteiger partial charge is 0 e. The van der Waals surface area contributed by atoms with E-state index >= 15 is 0 Å². The first-order chi connectivity index (χ1) is 13.0. The summed E-state index contributed by atoms with van der Waals surface area (Å²) in [6.45, 7) is 35.2. The molecule has 4 nitrogen and oxygen atoms in total. The van der Waals surface area contributed by atoms with E-state index < -0.39 is 0 Å². The van der Waals surface area contributed by atoms with Gasteiger partial charge < -0.3 is 42.9 Å². The predicted molar refractivity (Wildman–Crippen MR) is 139 cm³/mol. The van der Waals surface area contributed by atoms with E-state index in [4.69, 9.17) is 0 Å². The van der Waals surface area contributed by atoms with Crippen LogP contribution in [0.15, 0.2) is 0 Å². The monoisotopic (exact) mass is 584 g/mol. The maximum absolute atomic E-state index is 3.97. The third-order valence-corrected chi connectivity index (χ3v) is 2.40. The molecular weight excluding hydrogens is 525 g/mol. The molecule has 0 aliphatic carbocycles. The van der Waals surface area contributed by atoms with E-state index in [1.165, 1.54) is 19.3 Å². The van der Waals surface area contributed by atoms with Crippen LogP contribution in [0.1, 0.15) is 101 Å². The van der Waals surface area contributed by atoms with E-state index in [9.17, 15) is 0 Å². The van der Waals surface area contributed by atoms with Gasteiger partial charge in [-0.3, -0.25) is 0 Å². The Labute approximate surface area is 205 Å². The minimum absolute atomic E-state index is 0. The average molecular weight is 585 g/mol. The molecule has 29 heavy (non-hydrogen) atoms. The van der Waals surface area contributed by atoms with Crippen LogP contribution in [-0.2, 0) is 22.4 Å². The van der Waals surface area contributed by atoms with Crippen LogP contribution in [0.4, 0.5) is 0 Å². The van der Waals surface area contributed by atoms with E-state index in [-0.39, 0.29) is 28.5 Å². The summed E-state index contributed by atoms with van der Waals surface area (Å²) in [6, 6.07) is 0. The molecule has 0 spiro atoms. The Morgan fingerprint density at radius 1 is 0.414 bits per heavy atom. The van der Waals surface area contributed by atoms with Gasteiger partial charge in [-0.25, -0.2) is 0 Å². The zero-order valence-corrected chi connectivity index (χ0v) is 25.2. The molecule has 0 bridgehead atoms. The Balaban J connectivity index is -0.0000000301. The van der Waals surface area contributed by atoms with Gasteiger partial charge in [-0.2, -0.15) is 58.5 Å². The molecule has 0 aliphatic rings. The topological polar surface area (TPSA) is 75.8 Å². The SMILES string of the molecule is CC[N-]CC.CC[N-]CC.CC[N-]CC.[CH2-]CCC.[CH2-]CCC.[CH2-]CCC.[NH2-].[Ta]. The van der Waals surface area contributed by atoms with Crippen molar-refractivity contribution in [1.29, 1.82) is 0 Å². The van der Waals surface area contributed by atoms with Crippen LogP contribution in [0.25, 0.3) is 22.1 Å². The normalized spacial score (nSPS) is 7.45. The van der Waals surface area contributed by atoms with Crippen molar-refractivity contribution in [3.63, 3.8) is 0 Å². The van der Waals surface area contributed by atoms with Crippen molar-refractivity contribution in [2.45, 2.75) is 101 Å². The second kappa shape index (κ2) is 89.6. The summed E-state index contributed by atoms with van der Waals surface area (Å²) in [4.78, 5) is 0. The number of hydrogen-bond acceptors (Lipinski definition) is 0. The van der Waals surface area contributed by atoms with E-state index in [1.807, 2.05) is 41.5 Å². The summed E-state index contributed by atoms with van der Waals surface area (Å²) < 4.78 is 0. The van der Waals surface area contributed by atoms with E-state index in [0.717, 1.165) is 58.5 Å². The van der Waals surface area contributed by atoms with Gasteiger partial charge in [0.05, 0.1) is 0 Å². The van der Waals surface area contributed by atoms with Crippen LogP contribution >= 0.6 is 0 Å². The minimum atomic E-state index is 0. The molecule has 0 rings (SSSR count). The van der Waals surface area contributed by atoms with Gasteiger partial charge in [-0.15, -0.1) is 0 Å². The van der Waals surface area contributed by atoms with Crippen LogP contribution in [0, 0.1) is 20.8 Å². The molecule has 0 saturated heterocycles. The molecule has 0 fully saturated rings. The van der Waals surface area contributed by atoms with E-state index in [2.05, 4.69) is 57.5 Å². The number of nitrogens with two attached hydrogens (primary N) is 1. The summed E-state index contributed by atoms with van der Waals surface area (Å²) in [7, 11) is 0. The van der Waals surface area contributed by atoms with Crippen molar-refractivity contribution >= 4 is 0 Å². The molecule has 1 radical (unpaired) electrons. The Bertz CT molecular complexity index is 104. The third-order valence-electron chi connectivity index (χ3n) is 2.40. The maximum Gasteiger partial charge on any atom is 0 e. The van der Waals surface area contributed by atoms with Gasteiger partial charge in [0.25, 0.3) is 0 Å². The first-order valence-corrected chi connectivity index (χ1v) is 11.3. The summed E-state index contributed by atoms with van der Waals surface area (Å²) in [5, 5.41) is 11.9. The second-order valence-corrected chi connectivity index (χ2v) is 5.13. The van der Waals surface area contributed by atoms with Gasteiger partial charge in [-0.05, 0) is 0 Å². The van der Waals surface area contributed by atoms with Crippen LogP contribution < -0.4 is 0 Å². The molecule has 0 aromatic rings. The fourth-order valence-electron chi connectivity index (χ4n) is 0.671. The molecule has 0 aromatic heterocycles. The number of rotatable bonds is 9. The molecule has 0 saturated carbocycles. The first-order valence-electron chi connectivity index (χ1n) is 11.3. The molecule has 0 amide bonds. The van der Waals surface area contributed by atoms with Crippen LogP contribution in [0.3, 0.4) is 0 Å². The molecule has 5 heteroatoms. The molecule has 0 aliphatic heterocycles. The van der Waals surface area contributed by atoms with Crippen LogP contribution in [-0.4, -0.2) is 39.3 Å². The van der Waals surface area contributed by atoms with Crippen molar-refractivity contribution in [1.82, 2.24) is 0 Å². The zero-order valence-electron chi connectivity index (χ0n) is 22.0. The summed E-state index contributed by atoms with van der Waals surface area (Å²) in [6.07, 6.45) is 6.83. The maximum atomic E-state index is 3.97. The summed E-state index contributed by atoms with van der Waals surface area (Å²) >= 11 is 0. The standard InChI is InChI=1S/3C4H10N.3C4H9.H2N.Ta/c3*1-3-5-4-2;3*1-3-4-2;;/h3*3-4H2,1-2H3;3*1,3-4H2,2H3;1H2;/q7*-1;. The molecule has 0 aromatic carbocycles. The van der Waals surface area contributed by atoms with Crippen LogP contribution in [0.5, 0.6) is 0 Å². The van der Waals surface area contributed by atoms with E-state index in [1.54, 1.807) is 0 Å². The number of nitrogens with zero attached hydrogens (tertiary/aromatic N) is 3. The molecule has 0 atom stereocenters. The van der Waals surface area contributed by atoms with Gasteiger partial charge in [0.2, 0.25) is 0 Å². The predicted octanol–water partition coefficient (Wildman–Crippen LogP) is 9.78. The van der Waals surface area contributed by atoms with Crippen molar-refractivity contribution in [2.24, 2.45) is 0 Å². The van der Waals surface area contributed by atoms with Gasteiger partial charge in [-0.1, -0.05) is 81.6 Å². The first kappa shape index (κ1) is 51.9. The van der Waals surface area contributed by atoms with Gasteiger partial charge in [0, 0.05) is 22.4 Å². The zero-order chi connectivity index (χ0) is 22.6. The van der Waals surface area contributed by atoms with Crippen molar-refractivity contribution in [3.8, 4) is 0 Å². The van der Waals surface area contributed by atoms with Gasteiger partial charge >= 0.3 is 0 Å². The second-order valence-electron chi connectivity index (χ2n) is 5.13. The fourth-order valence-corrected chi connectivity index (χ4v) is 0.671.